The van der Waals surface area contributed by atoms with Crippen molar-refractivity contribution in [1.82, 2.24) is 15.2 Å². The molecule has 1 atom stereocenters. The first-order valence-electron chi connectivity index (χ1n) is 6.58. The lowest BCUT2D eigenvalue weighted by Crippen LogP contribution is -2.48. The summed E-state index contributed by atoms with van der Waals surface area (Å²) < 4.78 is 0. The number of hydrogen-bond donors (Lipinski definition) is 1. The van der Waals surface area contributed by atoms with E-state index in [1.54, 1.807) is 0 Å². The maximum absolute atomic E-state index is 4.07. The van der Waals surface area contributed by atoms with Crippen molar-refractivity contribution in [2.75, 3.05) is 19.6 Å². The highest BCUT2D eigenvalue weighted by molar-refractivity contribution is 5.09. The third-order valence-electron chi connectivity index (χ3n) is 3.71. The Morgan fingerprint density at radius 1 is 1.41 bits per heavy atom. The van der Waals surface area contributed by atoms with Crippen LogP contribution >= 0.6 is 0 Å². The molecule has 1 N–H and O–H groups in total. The first-order valence-corrected chi connectivity index (χ1v) is 6.58. The first kappa shape index (κ1) is 12.5. The molecule has 0 spiro atoms. The molecule has 2 rings (SSSR count). The molecule has 0 aromatic carbocycles. The largest absolute Gasteiger partial charge is 0.310 e. The lowest BCUT2D eigenvalue weighted by molar-refractivity contribution is 0.208. The predicted octanol–water partition coefficient (Wildman–Crippen LogP) is 2.05. The third kappa shape index (κ3) is 3.51. The maximum atomic E-state index is 4.07. The highest BCUT2D eigenvalue weighted by Gasteiger charge is 2.26. The second-order valence-electron chi connectivity index (χ2n) is 5.26. The molecule has 2 heterocycles. The van der Waals surface area contributed by atoms with Crippen LogP contribution in [0.2, 0.25) is 0 Å². The average Bonchev–Trinajstić information content (AvgIpc) is 2.53. The number of aromatic nitrogens is 1. The number of nitrogens with zero attached hydrogens (tertiary/aromatic N) is 2. The Kier molecular flexibility index (Phi) is 4.13. The molecule has 1 aliphatic heterocycles. The van der Waals surface area contributed by atoms with Crippen LogP contribution in [0.15, 0.2) is 24.5 Å². The molecule has 0 aliphatic carbocycles. The molecule has 94 valence electrons. The molecule has 0 amide bonds. The zero-order valence-corrected chi connectivity index (χ0v) is 10.9. The molecule has 3 heteroatoms. The summed E-state index contributed by atoms with van der Waals surface area (Å²) in [5, 5.41) is 3.67. The van der Waals surface area contributed by atoms with E-state index in [0.717, 1.165) is 19.6 Å². The Labute approximate surface area is 104 Å². The summed E-state index contributed by atoms with van der Waals surface area (Å²) in [7, 11) is 0. The van der Waals surface area contributed by atoms with Gasteiger partial charge in [-0.1, -0.05) is 6.92 Å². The van der Waals surface area contributed by atoms with Gasteiger partial charge in [-0.15, -0.1) is 0 Å². The Hall–Kier alpha value is -0.930. The van der Waals surface area contributed by atoms with Crippen molar-refractivity contribution in [3.63, 3.8) is 0 Å². The summed E-state index contributed by atoms with van der Waals surface area (Å²) >= 11 is 0. The van der Waals surface area contributed by atoms with Crippen molar-refractivity contribution in [3.05, 3.63) is 30.1 Å². The lowest BCUT2D eigenvalue weighted by atomic mass is 9.98. The predicted molar refractivity (Wildman–Crippen MR) is 70.8 cm³/mol. The molecule has 1 unspecified atom stereocenters. The topological polar surface area (TPSA) is 28.2 Å². The van der Waals surface area contributed by atoms with Gasteiger partial charge in [-0.2, -0.15) is 0 Å². The molecular weight excluding hydrogens is 210 g/mol. The van der Waals surface area contributed by atoms with Crippen LogP contribution in [0.5, 0.6) is 0 Å². The Morgan fingerprint density at radius 2 is 2.18 bits per heavy atom. The molecule has 0 radical (unpaired) electrons. The Bertz CT molecular complexity index is 339. The zero-order chi connectivity index (χ0) is 12.1. The van der Waals surface area contributed by atoms with E-state index in [0.29, 0.717) is 0 Å². The maximum Gasteiger partial charge on any atom is 0.0277 e. The minimum absolute atomic E-state index is 0.267. The molecule has 0 saturated carbocycles. The van der Waals surface area contributed by atoms with Gasteiger partial charge in [0.25, 0.3) is 0 Å². The van der Waals surface area contributed by atoms with Crippen LogP contribution in [0.25, 0.3) is 0 Å². The van der Waals surface area contributed by atoms with E-state index < -0.39 is 0 Å². The van der Waals surface area contributed by atoms with Crippen LogP contribution < -0.4 is 5.32 Å². The van der Waals surface area contributed by atoms with E-state index in [2.05, 4.69) is 41.2 Å². The Balaban J connectivity index is 2.00. The highest BCUT2D eigenvalue weighted by atomic mass is 15.2. The molecule has 3 nitrogen and oxygen atoms in total. The van der Waals surface area contributed by atoms with Crippen LogP contribution in [0.4, 0.5) is 0 Å². The van der Waals surface area contributed by atoms with Crippen LogP contribution in [-0.4, -0.2) is 35.1 Å². The van der Waals surface area contributed by atoms with Crippen LogP contribution in [0, 0.1) is 0 Å². The van der Waals surface area contributed by atoms with E-state index in [-0.39, 0.29) is 5.54 Å². The fourth-order valence-electron chi connectivity index (χ4n) is 2.44. The summed E-state index contributed by atoms with van der Waals surface area (Å²) in [6.07, 6.45) is 6.18. The molecular formula is C14H23N3. The van der Waals surface area contributed by atoms with Crippen LogP contribution in [0.1, 0.15) is 32.3 Å². The van der Waals surface area contributed by atoms with Gasteiger partial charge in [-0.05, 0) is 50.6 Å². The van der Waals surface area contributed by atoms with Gasteiger partial charge in [0.2, 0.25) is 0 Å². The van der Waals surface area contributed by atoms with E-state index >= 15 is 0 Å². The SMILES string of the molecule is CCC1(C)CN(Cc2ccncc2)CCCN1. The average molecular weight is 233 g/mol. The number of hydrogen-bond acceptors (Lipinski definition) is 3. The number of rotatable bonds is 3. The van der Waals surface area contributed by atoms with Gasteiger partial charge in [-0.3, -0.25) is 9.88 Å². The minimum atomic E-state index is 0.267. The van der Waals surface area contributed by atoms with Gasteiger partial charge in [0.1, 0.15) is 0 Å². The van der Waals surface area contributed by atoms with Crippen molar-refractivity contribution in [3.8, 4) is 0 Å². The van der Waals surface area contributed by atoms with E-state index in [1.807, 2.05) is 12.4 Å². The number of pyridine rings is 1. The lowest BCUT2D eigenvalue weighted by Gasteiger charge is -2.32. The first-order chi connectivity index (χ1) is 8.22. The molecule has 1 aromatic heterocycles. The monoisotopic (exact) mass is 233 g/mol. The van der Waals surface area contributed by atoms with E-state index in [1.165, 1.54) is 24.9 Å². The zero-order valence-electron chi connectivity index (χ0n) is 10.9. The van der Waals surface area contributed by atoms with Gasteiger partial charge >= 0.3 is 0 Å². The highest BCUT2D eigenvalue weighted by Crippen LogP contribution is 2.16. The fraction of sp³-hybridized carbons (Fsp3) is 0.643. The molecule has 1 aliphatic rings. The smallest absolute Gasteiger partial charge is 0.0277 e. The Morgan fingerprint density at radius 3 is 2.88 bits per heavy atom. The summed E-state index contributed by atoms with van der Waals surface area (Å²) in [5.41, 5.74) is 1.63. The molecule has 1 fully saturated rings. The van der Waals surface area contributed by atoms with E-state index in [9.17, 15) is 0 Å². The third-order valence-corrected chi connectivity index (χ3v) is 3.71. The van der Waals surface area contributed by atoms with Crippen molar-refractivity contribution in [2.24, 2.45) is 0 Å². The summed E-state index contributed by atoms with van der Waals surface area (Å²) in [6.45, 7) is 9.09. The number of nitrogens with one attached hydrogen (secondary N) is 1. The van der Waals surface area contributed by atoms with Crippen LogP contribution in [0.3, 0.4) is 0 Å². The normalized spacial score (nSPS) is 26.7. The van der Waals surface area contributed by atoms with E-state index in [4.69, 9.17) is 0 Å². The van der Waals surface area contributed by atoms with Crippen molar-refractivity contribution in [2.45, 2.75) is 38.8 Å². The quantitative estimate of drug-likeness (QED) is 0.866. The second kappa shape index (κ2) is 5.61. The summed E-state index contributed by atoms with van der Waals surface area (Å²) in [6, 6.07) is 4.23. The molecule has 1 saturated heterocycles. The van der Waals surface area contributed by atoms with Gasteiger partial charge in [0.05, 0.1) is 0 Å². The fourth-order valence-corrected chi connectivity index (χ4v) is 2.44. The molecule has 17 heavy (non-hydrogen) atoms. The van der Waals surface area contributed by atoms with Crippen molar-refractivity contribution >= 4 is 0 Å². The summed E-state index contributed by atoms with van der Waals surface area (Å²) in [4.78, 5) is 6.63. The second-order valence-corrected chi connectivity index (χ2v) is 5.26. The van der Waals surface area contributed by atoms with Crippen molar-refractivity contribution in [1.29, 1.82) is 0 Å². The standard InChI is InChI=1S/C14H23N3/c1-3-14(2)12-17(10-4-7-16-14)11-13-5-8-15-9-6-13/h5-6,8-9,16H,3-4,7,10-12H2,1-2H3. The van der Waals surface area contributed by atoms with Crippen LogP contribution in [-0.2, 0) is 6.54 Å². The molecule has 1 aromatic rings. The summed E-state index contributed by atoms with van der Waals surface area (Å²) in [5.74, 6) is 0. The van der Waals surface area contributed by atoms with Gasteiger partial charge in [0, 0.05) is 31.0 Å². The van der Waals surface area contributed by atoms with Gasteiger partial charge in [0.15, 0.2) is 0 Å². The van der Waals surface area contributed by atoms with Gasteiger partial charge < -0.3 is 5.32 Å². The molecule has 0 bridgehead atoms. The van der Waals surface area contributed by atoms with Crippen molar-refractivity contribution < 1.29 is 0 Å². The van der Waals surface area contributed by atoms with Gasteiger partial charge in [-0.25, -0.2) is 0 Å². The minimum Gasteiger partial charge on any atom is -0.310 e.